The first-order valence-corrected chi connectivity index (χ1v) is 8.99. The molecule has 132 valence electrons. The number of nitrogens with two attached hydrogens (primary N) is 1. The second-order valence-corrected chi connectivity index (χ2v) is 6.39. The van der Waals surface area contributed by atoms with Crippen LogP contribution in [0.3, 0.4) is 0 Å². The highest BCUT2D eigenvalue weighted by atomic mass is 16.1. The van der Waals surface area contributed by atoms with Crippen LogP contribution in [0.15, 0.2) is 60.9 Å². The van der Waals surface area contributed by atoms with Crippen molar-refractivity contribution in [1.29, 1.82) is 0 Å². The number of hydrogen-bond donors (Lipinski definition) is 1. The molecular formula is C22H23N3O. The minimum atomic E-state index is -0.439. The number of amides is 1. The summed E-state index contributed by atoms with van der Waals surface area (Å²) in [7, 11) is 0. The smallest absolute Gasteiger partial charge is 0.248 e. The van der Waals surface area contributed by atoms with Gasteiger partial charge in [-0.15, -0.1) is 0 Å². The Morgan fingerprint density at radius 1 is 0.846 bits per heavy atom. The van der Waals surface area contributed by atoms with Crippen molar-refractivity contribution in [3.8, 4) is 22.5 Å². The molecule has 0 radical (unpaired) electrons. The maximum Gasteiger partial charge on any atom is 0.248 e. The van der Waals surface area contributed by atoms with E-state index < -0.39 is 5.91 Å². The second-order valence-electron chi connectivity index (χ2n) is 6.39. The number of nitrogens with zero attached hydrogens (tertiary/aromatic N) is 2. The third kappa shape index (κ3) is 4.33. The van der Waals surface area contributed by atoms with E-state index in [9.17, 15) is 4.79 Å². The molecule has 3 aromatic rings. The van der Waals surface area contributed by atoms with Gasteiger partial charge in [-0.1, -0.05) is 56.2 Å². The Morgan fingerprint density at radius 2 is 1.46 bits per heavy atom. The summed E-state index contributed by atoms with van der Waals surface area (Å²) in [6, 6.07) is 15.6. The zero-order valence-corrected chi connectivity index (χ0v) is 15.0. The molecule has 4 heteroatoms. The van der Waals surface area contributed by atoms with Crippen LogP contribution >= 0.6 is 0 Å². The van der Waals surface area contributed by atoms with Gasteiger partial charge in [0.05, 0.1) is 0 Å². The Labute approximate surface area is 154 Å². The molecule has 1 aromatic heterocycles. The van der Waals surface area contributed by atoms with Gasteiger partial charge in [0.1, 0.15) is 0 Å². The number of aryl methyl sites for hydroxylation is 1. The van der Waals surface area contributed by atoms with Crippen LogP contribution in [0.5, 0.6) is 0 Å². The van der Waals surface area contributed by atoms with Gasteiger partial charge in [0.15, 0.2) is 5.82 Å². The number of carbonyl (C=O) groups is 1. The molecule has 0 bridgehead atoms. The van der Waals surface area contributed by atoms with Crippen LogP contribution in [-0.4, -0.2) is 15.9 Å². The molecule has 1 heterocycles. The summed E-state index contributed by atoms with van der Waals surface area (Å²) < 4.78 is 0. The summed E-state index contributed by atoms with van der Waals surface area (Å²) >= 11 is 0. The minimum absolute atomic E-state index is 0.439. The van der Waals surface area contributed by atoms with E-state index in [0.717, 1.165) is 23.1 Å². The number of hydrogen-bond acceptors (Lipinski definition) is 3. The number of primary amides is 1. The zero-order chi connectivity index (χ0) is 18.4. The second kappa shape index (κ2) is 8.39. The highest BCUT2D eigenvalue weighted by Crippen LogP contribution is 2.21. The van der Waals surface area contributed by atoms with E-state index in [0.29, 0.717) is 11.4 Å². The molecule has 2 N–H and O–H groups in total. The number of rotatable bonds is 7. The number of unbranched alkanes of at least 4 members (excludes halogenated alkanes) is 2. The van der Waals surface area contributed by atoms with Gasteiger partial charge in [0.2, 0.25) is 5.91 Å². The first kappa shape index (κ1) is 17.8. The topological polar surface area (TPSA) is 68.9 Å². The maximum absolute atomic E-state index is 11.1. The van der Waals surface area contributed by atoms with E-state index in [4.69, 9.17) is 5.73 Å². The van der Waals surface area contributed by atoms with Crippen LogP contribution in [0.25, 0.3) is 22.5 Å². The van der Waals surface area contributed by atoms with Crippen molar-refractivity contribution >= 4 is 5.91 Å². The molecule has 0 aliphatic rings. The average Bonchev–Trinajstić information content (AvgIpc) is 2.69. The SMILES string of the molecule is CCCCCc1ccc(-c2cnc(-c3ccc(C(N)=O)cc3)nc2)cc1. The molecule has 0 saturated heterocycles. The van der Waals surface area contributed by atoms with Crippen molar-refractivity contribution in [2.24, 2.45) is 5.73 Å². The third-order valence-corrected chi connectivity index (χ3v) is 4.44. The lowest BCUT2D eigenvalue weighted by atomic mass is 10.0. The van der Waals surface area contributed by atoms with Crippen molar-refractivity contribution in [3.63, 3.8) is 0 Å². The lowest BCUT2D eigenvalue weighted by molar-refractivity contribution is 0.100. The van der Waals surface area contributed by atoms with Gasteiger partial charge >= 0.3 is 0 Å². The molecule has 3 rings (SSSR count). The van der Waals surface area contributed by atoms with Crippen molar-refractivity contribution in [3.05, 3.63) is 72.1 Å². The zero-order valence-electron chi connectivity index (χ0n) is 15.0. The number of benzene rings is 2. The fraction of sp³-hybridized carbons (Fsp3) is 0.227. The summed E-state index contributed by atoms with van der Waals surface area (Å²) in [5.74, 6) is 0.187. The van der Waals surface area contributed by atoms with E-state index in [-0.39, 0.29) is 0 Å². The Morgan fingerprint density at radius 3 is 2.04 bits per heavy atom. The summed E-state index contributed by atoms with van der Waals surface area (Å²) in [6.45, 7) is 2.22. The van der Waals surface area contributed by atoms with Gasteiger partial charge in [-0.25, -0.2) is 9.97 Å². The van der Waals surface area contributed by atoms with E-state index in [2.05, 4.69) is 41.2 Å². The van der Waals surface area contributed by atoms with Crippen molar-refractivity contribution in [1.82, 2.24) is 9.97 Å². The maximum atomic E-state index is 11.1. The molecule has 0 saturated carbocycles. The number of carbonyl (C=O) groups excluding carboxylic acids is 1. The van der Waals surface area contributed by atoms with Crippen molar-refractivity contribution < 1.29 is 4.79 Å². The summed E-state index contributed by atoms with van der Waals surface area (Å²) in [6.07, 6.45) is 8.55. The molecule has 0 aliphatic heterocycles. The summed E-state index contributed by atoms with van der Waals surface area (Å²) in [4.78, 5) is 20.1. The third-order valence-electron chi connectivity index (χ3n) is 4.44. The van der Waals surface area contributed by atoms with Crippen LogP contribution in [0.4, 0.5) is 0 Å². The predicted octanol–water partition coefficient (Wildman–Crippen LogP) is 4.64. The molecule has 1 amide bonds. The van der Waals surface area contributed by atoms with E-state index in [1.807, 2.05) is 12.4 Å². The van der Waals surface area contributed by atoms with Gasteiger partial charge in [-0.3, -0.25) is 4.79 Å². The number of aromatic nitrogens is 2. The molecular weight excluding hydrogens is 322 g/mol. The highest BCUT2D eigenvalue weighted by Gasteiger charge is 2.05. The first-order chi connectivity index (χ1) is 12.7. The molecule has 4 nitrogen and oxygen atoms in total. The summed E-state index contributed by atoms with van der Waals surface area (Å²) in [5, 5.41) is 0. The largest absolute Gasteiger partial charge is 0.366 e. The van der Waals surface area contributed by atoms with Gasteiger partial charge in [0.25, 0.3) is 0 Å². The minimum Gasteiger partial charge on any atom is -0.366 e. The Balaban J connectivity index is 1.71. The lowest BCUT2D eigenvalue weighted by Crippen LogP contribution is -2.10. The van der Waals surface area contributed by atoms with Crippen LogP contribution in [0.2, 0.25) is 0 Å². The van der Waals surface area contributed by atoms with Gasteiger partial charge in [-0.05, 0) is 36.1 Å². The predicted molar refractivity (Wildman–Crippen MR) is 105 cm³/mol. The van der Waals surface area contributed by atoms with Crippen LogP contribution in [-0.2, 0) is 6.42 Å². The Hall–Kier alpha value is -3.01. The lowest BCUT2D eigenvalue weighted by Gasteiger charge is -2.06. The summed E-state index contributed by atoms with van der Waals surface area (Å²) in [5.41, 5.74) is 10.1. The molecule has 0 atom stereocenters. The van der Waals surface area contributed by atoms with E-state index >= 15 is 0 Å². The molecule has 0 aliphatic carbocycles. The monoisotopic (exact) mass is 345 g/mol. The van der Waals surface area contributed by atoms with Gasteiger partial charge in [0, 0.05) is 29.1 Å². The fourth-order valence-corrected chi connectivity index (χ4v) is 2.85. The highest BCUT2D eigenvalue weighted by molar-refractivity contribution is 5.93. The first-order valence-electron chi connectivity index (χ1n) is 8.99. The van der Waals surface area contributed by atoms with Crippen LogP contribution < -0.4 is 5.73 Å². The van der Waals surface area contributed by atoms with Gasteiger partial charge in [-0.2, -0.15) is 0 Å². The Kier molecular flexibility index (Phi) is 5.74. The Bertz CT molecular complexity index is 853. The van der Waals surface area contributed by atoms with Crippen LogP contribution in [0.1, 0.15) is 42.1 Å². The molecule has 26 heavy (non-hydrogen) atoms. The fourth-order valence-electron chi connectivity index (χ4n) is 2.85. The van der Waals surface area contributed by atoms with Crippen molar-refractivity contribution in [2.45, 2.75) is 32.6 Å². The average molecular weight is 345 g/mol. The van der Waals surface area contributed by atoms with Gasteiger partial charge < -0.3 is 5.73 Å². The van der Waals surface area contributed by atoms with E-state index in [1.165, 1.54) is 24.8 Å². The molecule has 0 unspecified atom stereocenters. The van der Waals surface area contributed by atoms with Crippen molar-refractivity contribution in [2.75, 3.05) is 0 Å². The van der Waals surface area contributed by atoms with Crippen LogP contribution in [0, 0.1) is 0 Å². The standard InChI is InChI=1S/C22H23N3O/c1-2-3-4-5-16-6-8-17(9-7-16)20-14-24-22(25-15-20)19-12-10-18(11-13-19)21(23)26/h6-15H,2-5H2,1H3,(H2,23,26). The quantitative estimate of drug-likeness (QED) is 0.634. The molecule has 0 fully saturated rings. The molecule has 2 aromatic carbocycles. The molecule has 0 spiro atoms. The van der Waals surface area contributed by atoms with E-state index in [1.54, 1.807) is 24.3 Å². The normalized spacial score (nSPS) is 10.7.